The summed E-state index contributed by atoms with van der Waals surface area (Å²) in [6, 6.07) is 8.22. The second kappa shape index (κ2) is 5.19. The van der Waals surface area contributed by atoms with Gasteiger partial charge in [0.2, 0.25) is 0 Å². The molecule has 0 amide bonds. The zero-order chi connectivity index (χ0) is 14.3. The molecule has 2 aromatic heterocycles. The van der Waals surface area contributed by atoms with Crippen LogP contribution in [0.25, 0.3) is 16.9 Å². The first-order valence-electron chi connectivity index (χ1n) is 6.26. The maximum absolute atomic E-state index is 6.05. The summed E-state index contributed by atoms with van der Waals surface area (Å²) in [6.07, 6.45) is 1.85. The number of benzene rings is 1. The quantitative estimate of drug-likeness (QED) is 0.635. The molecule has 0 spiro atoms. The SMILES string of the molecule is Cc1ccc(-n2c(CCl)nc3cc(C)cnc32)c(Br)c1. The van der Waals surface area contributed by atoms with Crippen LogP contribution in [-0.4, -0.2) is 14.5 Å². The molecule has 0 aliphatic carbocycles. The lowest BCUT2D eigenvalue weighted by molar-refractivity contribution is 0.964. The maximum Gasteiger partial charge on any atom is 0.164 e. The van der Waals surface area contributed by atoms with Gasteiger partial charge in [-0.3, -0.25) is 4.57 Å². The Kier molecular flexibility index (Phi) is 3.52. The van der Waals surface area contributed by atoms with E-state index in [1.807, 2.05) is 23.8 Å². The van der Waals surface area contributed by atoms with Crippen molar-refractivity contribution in [2.75, 3.05) is 0 Å². The zero-order valence-electron chi connectivity index (χ0n) is 11.2. The Hall–Kier alpha value is -1.39. The van der Waals surface area contributed by atoms with E-state index in [2.05, 4.69) is 51.0 Å². The Morgan fingerprint density at radius 1 is 1.20 bits per heavy atom. The predicted molar refractivity (Wildman–Crippen MR) is 85.6 cm³/mol. The van der Waals surface area contributed by atoms with Crippen molar-refractivity contribution in [3.05, 3.63) is 51.9 Å². The lowest BCUT2D eigenvalue weighted by Crippen LogP contribution is -2.01. The average Bonchev–Trinajstić information content (AvgIpc) is 2.76. The van der Waals surface area contributed by atoms with Crippen LogP contribution in [0.1, 0.15) is 17.0 Å². The van der Waals surface area contributed by atoms with E-state index >= 15 is 0 Å². The van der Waals surface area contributed by atoms with E-state index in [4.69, 9.17) is 11.6 Å². The second-order valence-corrected chi connectivity index (χ2v) is 5.93. The third kappa shape index (κ3) is 2.23. The molecule has 0 saturated heterocycles. The van der Waals surface area contributed by atoms with Crippen LogP contribution in [0, 0.1) is 13.8 Å². The highest BCUT2D eigenvalue weighted by Gasteiger charge is 2.15. The molecular formula is C15H13BrClN3. The second-order valence-electron chi connectivity index (χ2n) is 4.81. The molecule has 0 aliphatic rings. The first-order chi connectivity index (χ1) is 9.60. The molecule has 0 aliphatic heterocycles. The number of alkyl halides is 1. The fourth-order valence-electron chi connectivity index (χ4n) is 2.25. The van der Waals surface area contributed by atoms with Gasteiger partial charge in [-0.25, -0.2) is 9.97 Å². The van der Waals surface area contributed by atoms with Gasteiger partial charge in [0, 0.05) is 10.7 Å². The molecule has 0 saturated carbocycles. The van der Waals surface area contributed by atoms with Crippen LogP contribution < -0.4 is 0 Å². The number of imidazole rings is 1. The summed E-state index contributed by atoms with van der Waals surface area (Å²) in [7, 11) is 0. The number of hydrogen-bond acceptors (Lipinski definition) is 2. The summed E-state index contributed by atoms with van der Waals surface area (Å²) < 4.78 is 3.01. The van der Waals surface area contributed by atoms with Crippen LogP contribution in [0.15, 0.2) is 34.9 Å². The van der Waals surface area contributed by atoms with E-state index in [-0.39, 0.29) is 0 Å². The Balaban J connectivity index is 2.34. The van der Waals surface area contributed by atoms with Gasteiger partial charge in [0.15, 0.2) is 5.65 Å². The van der Waals surface area contributed by atoms with Crippen molar-refractivity contribution >= 4 is 38.7 Å². The average molecular weight is 351 g/mol. The maximum atomic E-state index is 6.05. The van der Waals surface area contributed by atoms with Crippen molar-refractivity contribution in [1.29, 1.82) is 0 Å². The molecule has 102 valence electrons. The largest absolute Gasteiger partial charge is 0.279 e. The van der Waals surface area contributed by atoms with Crippen molar-refractivity contribution in [2.24, 2.45) is 0 Å². The smallest absolute Gasteiger partial charge is 0.164 e. The minimum absolute atomic E-state index is 0.343. The third-order valence-electron chi connectivity index (χ3n) is 3.17. The molecule has 0 N–H and O–H groups in total. The summed E-state index contributed by atoms with van der Waals surface area (Å²) in [5, 5.41) is 0. The number of nitrogens with zero attached hydrogens (tertiary/aromatic N) is 3. The van der Waals surface area contributed by atoms with Crippen LogP contribution in [-0.2, 0) is 5.88 Å². The van der Waals surface area contributed by atoms with E-state index in [9.17, 15) is 0 Å². The highest BCUT2D eigenvalue weighted by Crippen LogP contribution is 2.28. The van der Waals surface area contributed by atoms with Gasteiger partial charge in [0.1, 0.15) is 11.3 Å². The number of pyridine rings is 1. The lowest BCUT2D eigenvalue weighted by atomic mass is 10.2. The van der Waals surface area contributed by atoms with Gasteiger partial charge < -0.3 is 0 Å². The lowest BCUT2D eigenvalue weighted by Gasteiger charge is -2.10. The number of halogens is 2. The molecule has 0 unspecified atom stereocenters. The van der Waals surface area contributed by atoms with E-state index in [1.54, 1.807) is 0 Å². The van der Waals surface area contributed by atoms with Crippen molar-refractivity contribution in [2.45, 2.75) is 19.7 Å². The molecule has 3 nitrogen and oxygen atoms in total. The van der Waals surface area contributed by atoms with Crippen molar-refractivity contribution in [1.82, 2.24) is 14.5 Å². The molecule has 5 heteroatoms. The molecule has 0 atom stereocenters. The van der Waals surface area contributed by atoms with Crippen molar-refractivity contribution in [3.8, 4) is 5.69 Å². The normalized spacial score (nSPS) is 11.2. The zero-order valence-corrected chi connectivity index (χ0v) is 13.5. The highest BCUT2D eigenvalue weighted by molar-refractivity contribution is 9.10. The van der Waals surface area contributed by atoms with Gasteiger partial charge in [0.05, 0.1) is 11.6 Å². The van der Waals surface area contributed by atoms with Crippen LogP contribution >= 0.6 is 27.5 Å². The van der Waals surface area contributed by atoms with Crippen LogP contribution in [0.4, 0.5) is 0 Å². The first-order valence-corrected chi connectivity index (χ1v) is 7.59. The minimum Gasteiger partial charge on any atom is -0.279 e. The summed E-state index contributed by atoms with van der Waals surface area (Å²) in [4.78, 5) is 9.09. The van der Waals surface area contributed by atoms with Crippen molar-refractivity contribution in [3.63, 3.8) is 0 Å². The summed E-state index contributed by atoms with van der Waals surface area (Å²) in [5.74, 6) is 1.14. The Labute approximate surface area is 130 Å². The number of hydrogen-bond donors (Lipinski definition) is 0. The van der Waals surface area contributed by atoms with Crippen LogP contribution in [0.3, 0.4) is 0 Å². The molecule has 20 heavy (non-hydrogen) atoms. The molecule has 3 rings (SSSR count). The van der Waals surface area contributed by atoms with Gasteiger partial charge >= 0.3 is 0 Å². The fraction of sp³-hybridized carbons (Fsp3) is 0.200. The number of rotatable bonds is 2. The highest BCUT2D eigenvalue weighted by atomic mass is 79.9. The molecule has 2 heterocycles. The summed E-state index contributed by atoms with van der Waals surface area (Å²) in [6.45, 7) is 4.07. The number of fused-ring (bicyclic) bond motifs is 1. The molecule has 0 fully saturated rings. The Bertz CT molecular complexity index is 795. The summed E-state index contributed by atoms with van der Waals surface area (Å²) in [5.41, 5.74) is 4.99. The predicted octanol–water partition coefficient (Wildman–Crippen LogP) is 4.54. The standard InChI is InChI=1S/C15H13BrClN3/c1-9-3-4-13(11(16)5-9)20-14(7-17)19-12-6-10(2)8-18-15(12)20/h3-6,8H,7H2,1-2H3. The van der Waals surface area contributed by atoms with Crippen LogP contribution in [0.5, 0.6) is 0 Å². The fourth-order valence-corrected chi connectivity index (χ4v) is 3.10. The number of aryl methyl sites for hydroxylation is 2. The molecule has 3 aromatic rings. The van der Waals surface area contributed by atoms with Gasteiger partial charge in [-0.05, 0) is 59.1 Å². The minimum atomic E-state index is 0.343. The Morgan fingerprint density at radius 3 is 2.70 bits per heavy atom. The molecule has 1 aromatic carbocycles. The van der Waals surface area contributed by atoms with Gasteiger partial charge in [-0.1, -0.05) is 6.07 Å². The van der Waals surface area contributed by atoms with Crippen molar-refractivity contribution < 1.29 is 0 Å². The van der Waals surface area contributed by atoms with Gasteiger partial charge in [-0.2, -0.15) is 0 Å². The topological polar surface area (TPSA) is 30.7 Å². The Morgan fingerprint density at radius 2 is 2.00 bits per heavy atom. The van der Waals surface area contributed by atoms with Gasteiger partial charge in [0.25, 0.3) is 0 Å². The molecule has 0 radical (unpaired) electrons. The van der Waals surface area contributed by atoms with E-state index in [0.29, 0.717) is 5.88 Å². The van der Waals surface area contributed by atoms with E-state index in [1.165, 1.54) is 5.56 Å². The molecule has 0 bridgehead atoms. The van der Waals surface area contributed by atoms with Crippen LogP contribution in [0.2, 0.25) is 0 Å². The van der Waals surface area contributed by atoms with E-state index in [0.717, 1.165) is 32.7 Å². The molecular weight excluding hydrogens is 338 g/mol. The third-order valence-corrected chi connectivity index (χ3v) is 4.04. The van der Waals surface area contributed by atoms with E-state index < -0.39 is 0 Å². The monoisotopic (exact) mass is 349 g/mol. The summed E-state index contributed by atoms with van der Waals surface area (Å²) >= 11 is 9.66. The first kappa shape index (κ1) is 13.6. The van der Waals surface area contributed by atoms with Gasteiger partial charge in [-0.15, -0.1) is 11.6 Å². The number of aromatic nitrogens is 3.